The fourth-order valence-corrected chi connectivity index (χ4v) is 2.20. The Morgan fingerprint density at radius 1 is 1.08 bits per heavy atom. The molecule has 0 spiro atoms. The fourth-order valence-electron chi connectivity index (χ4n) is 2.20. The summed E-state index contributed by atoms with van der Waals surface area (Å²) in [5, 5.41) is 13.0. The third kappa shape index (κ3) is 3.03. The lowest BCUT2D eigenvalue weighted by atomic mass is 10.2. The predicted molar refractivity (Wildman–Crippen MR) is 82.5 cm³/mol. The maximum Gasteiger partial charge on any atom is 0.451 e. The summed E-state index contributed by atoms with van der Waals surface area (Å²) in [6.07, 6.45) is -4.66. The number of aromatic nitrogens is 2. The van der Waals surface area contributed by atoms with E-state index in [1.54, 1.807) is 24.3 Å². The molecular weight excluding hydrogens is 323 g/mol. The number of fused-ring (bicyclic) bond motifs is 1. The summed E-state index contributed by atoms with van der Waals surface area (Å²) in [6.45, 7) is 0. The van der Waals surface area contributed by atoms with Crippen LogP contribution in [0.25, 0.3) is 10.9 Å². The van der Waals surface area contributed by atoms with Crippen LogP contribution in [0.15, 0.2) is 42.5 Å². The van der Waals surface area contributed by atoms with E-state index in [-0.39, 0.29) is 22.8 Å². The minimum Gasteiger partial charge on any atom is -0.504 e. The van der Waals surface area contributed by atoms with Crippen LogP contribution in [0.3, 0.4) is 0 Å². The van der Waals surface area contributed by atoms with Gasteiger partial charge in [-0.15, -0.1) is 0 Å². The first-order valence-electron chi connectivity index (χ1n) is 6.86. The zero-order valence-corrected chi connectivity index (χ0v) is 12.4. The normalized spacial score (nSPS) is 11.5. The van der Waals surface area contributed by atoms with Gasteiger partial charge in [-0.05, 0) is 24.3 Å². The first kappa shape index (κ1) is 15.9. The SMILES string of the molecule is COc1ccc(Nc2nc(C(F)(F)F)nc3ccccc23)cc1O. The molecule has 124 valence electrons. The lowest BCUT2D eigenvalue weighted by Gasteiger charge is -2.13. The Labute approximate surface area is 134 Å². The van der Waals surface area contributed by atoms with E-state index in [0.29, 0.717) is 11.1 Å². The summed E-state index contributed by atoms with van der Waals surface area (Å²) >= 11 is 0. The summed E-state index contributed by atoms with van der Waals surface area (Å²) in [5.74, 6) is -1.13. The zero-order chi connectivity index (χ0) is 17.3. The number of ether oxygens (including phenoxy) is 1. The van der Waals surface area contributed by atoms with Crippen molar-refractivity contribution >= 4 is 22.4 Å². The molecule has 5 nitrogen and oxygen atoms in total. The number of nitrogens with zero attached hydrogens (tertiary/aromatic N) is 2. The van der Waals surface area contributed by atoms with E-state index in [0.717, 1.165) is 0 Å². The maximum atomic E-state index is 13.0. The average Bonchev–Trinajstić information content (AvgIpc) is 2.54. The number of phenols is 1. The Kier molecular flexibility index (Phi) is 3.88. The van der Waals surface area contributed by atoms with Gasteiger partial charge in [-0.3, -0.25) is 0 Å². The highest BCUT2D eigenvalue weighted by Crippen LogP contribution is 2.33. The first-order chi connectivity index (χ1) is 11.4. The van der Waals surface area contributed by atoms with Crippen molar-refractivity contribution in [2.75, 3.05) is 12.4 Å². The minimum atomic E-state index is -4.66. The Hall–Kier alpha value is -3.03. The van der Waals surface area contributed by atoms with Gasteiger partial charge in [0.25, 0.3) is 0 Å². The highest BCUT2D eigenvalue weighted by atomic mass is 19.4. The van der Waals surface area contributed by atoms with Crippen LogP contribution >= 0.6 is 0 Å². The smallest absolute Gasteiger partial charge is 0.451 e. The van der Waals surface area contributed by atoms with Crippen LogP contribution in [-0.2, 0) is 6.18 Å². The second-order valence-electron chi connectivity index (χ2n) is 4.92. The van der Waals surface area contributed by atoms with Gasteiger partial charge < -0.3 is 15.2 Å². The van der Waals surface area contributed by atoms with Crippen LogP contribution in [-0.4, -0.2) is 22.2 Å². The van der Waals surface area contributed by atoms with Crippen molar-refractivity contribution in [1.29, 1.82) is 0 Å². The lowest BCUT2D eigenvalue weighted by Crippen LogP contribution is -2.12. The largest absolute Gasteiger partial charge is 0.504 e. The predicted octanol–water partition coefficient (Wildman–Crippen LogP) is 4.11. The number of benzene rings is 2. The number of methoxy groups -OCH3 is 1. The van der Waals surface area contributed by atoms with Crippen LogP contribution in [0, 0.1) is 0 Å². The molecule has 0 saturated heterocycles. The fraction of sp³-hybridized carbons (Fsp3) is 0.125. The van der Waals surface area contributed by atoms with Crippen LogP contribution in [0.4, 0.5) is 24.7 Å². The Morgan fingerprint density at radius 2 is 1.83 bits per heavy atom. The minimum absolute atomic E-state index is 0.00232. The van der Waals surface area contributed by atoms with E-state index in [1.165, 1.54) is 25.3 Å². The molecule has 0 aliphatic rings. The zero-order valence-electron chi connectivity index (χ0n) is 12.4. The molecule has 0 atom stereocenters. The molecule has 1 heterocycles. The van der Waals surface area contributed by atoms with E-state index >= 15 is 0 Å². The van der Waals surface area contributed by atoms with Gasteiger partial charge in [-0.25, -0.2) is 9.97 Å². The molecule has 0 bridgehead atoms. The number of alkyl halides is 3. The highest BCUT2D eigenvalue weighted by Gasteiger charge is 2.35. The molecule has 0 fully saturated rings. The van der Waals surface area contributed by atoms with E-state index in [4.69, 9.17) is 4.74 Å². The van der Waals surface area contributed by atoms with Gasteiger partial charge in [0.05, 0.1) is 12.6 Å². The van der Waals surface area contributed by atoms with Crippen LogP contribution < -0.4 is 10.1 Å². The lowest BCUT2D eigenvalue weighted by molar-refractivity contribution is -0.144. The van der Waals surface area contributed by atoms with Gasteiger partial charge in [-0.2, -0.15) is 13.2 Å². The molecular formula is C16H12F3N3O2. The summed E-state index contributed by atoms with van der Waals surface area (Å²) in [6, 6.07) is 10.7. The molecule has 2 aromatic carbocycles. The number of anilines is 2. The quantitative estimate of drug-likeness (QED) is 0.754. The number of phenolic OH excluding ortho intramolecular Hbond substituents is 1. The monoisotopic (exact) mass is 335 g/mol. The molecule has 24 heavy (non-hydrogen) atoms. The molecule has 2 N–H and O–H groups in total. The molecule has 3 rings (SSSR count). The third-order valence-corrected chi connectivity index (χ3v) is 3.30. The van der Waals surface area contributed by atoms with Crippen LogP contribution in [0.5, 0.6) is 11.5 Å². The van der Waals surface area contributed by atoms with Crippen molar-refractivity contribution in [1.82, 2.24) is 9.97 Å². The van der Waals surface area contributed by atoms with Crippen molar-refractivity contribution in [3.8, 4) is 11.5 Å². The topological polar surface area (TPSA) is 67.3 Å². The van der Waals surface area contributed by atoms with Crippen molar-refractivity contribution in [3.05, 3.63) is 48.3 Å². The van der Waals surface area contributed by atoms with Gasteiger partial charge in [0.2, 0.25) is 5.82 Å². The van der Waals surface area contributed by atoms with Crippen molar-refractivity contribution in [3.63, 3.8) is 0 Å². The number of nitrogens with one attached hydrogen (secondary N) is 1. The first-order valence-corrected chi connectivity index (χ1v) is 6.86. The molecule has 0 radical (unpaired) electrons. The highest BCUT2D eigenvalue weighted by molar-refractivity contribution is 5.90. The molecule has 0 aliphatic heterocycles. The maximum absolute atomic E-state index is 13.0. The van der Waals surface area contributed by atoms with E-state index < -0.39 is 12.0 Å². The Morgan fingerprint density at radius 3 is 2.50 bits per heavy atom. The molecule has 0 amide bonds. The Bertz CT molecular complexity index is 897. The molecule has 0 unspecified atom stereocenters. The van der Waals surface area contributed by atoms with Gasteiger partial charge in [-0.1, -0.05) is 12.1 Å². The van der Waals surface area contributed by atoms with Gasteiger partial charge in [0, 0.05) is 17.1 Å². The summed E-state index contributed by atoms with van der Waals surface area (Å²) in [5.41, 5.74) is 0.533. The van der Waals surface area contributed by atoms with Gasteiger partial charge >= 0.3 is 6.18 Å². The molecule has 0 aliphatic carbocycles. The molecule has 3 aromatic rings. The second-order valence-corrected chi connectivity index (χ2v) is 4.92. The number of para-hydroxylation sites is 1. The summed E-state index contributed by atoms with van der Waals surface area (Å²) in [4.78, 5) is 7.13. The van der Waals surface area contributed by atoms with Crippen molar-refractivity contribution in [2.45, 2.75) is 6.18 Å². The number of hydrogen-bond acceptors (Lipinski definition) is 5. The standard InChI is InChI=1S/C16H12F3N3O2/c1-24-13-7-6-9(8-12(13)23)20-14-10-4-2-3-5-11(10)21-15(22-14)16(17,18)19/h2-8,23H,1H3,(H,20,21,22). The van der Waals surface area contributed by atoms with E-state index in [2.05, 4.69) is 15.3 Å². The second kappa shape index (κ2) is 5.88. The molecule has 8 heteroatoms. The van der Waals surface area contributed by atoms with Gasteiger partial charge in [0.15, 0.2) is 11.5 Å². The average molecular weight is 335 g/mol. The van der Waals surface area contributed by atoms with Crippen LogP contribution in [0.1, 0.15) is 5.82 Å². The Balaban J connectivity index is 2.09. The number of aromatic hydroxyl groups is 1. The van der Waals surface area contributed by atoms with E-state index in [1.807, 2.05) is 0 Å². The summed E-state index contributed by atoms with van der Waals surface area (Å²) in [7, 11) is 1.40. The third-order valence-electron chi connectivity index (χ3n) is 3.30. The van der Waals surface area contributed by atoms with Crippen molar-refractivity contribution < 1.29 is 23.0 Å². The van der Waals surface area contributed by atoms with Gasteiger partial charge in [0.1, 0.15) is 5.82 Å². The number of rotatable bonds is 3. The number of halogens is 3. The van der Waals surface area contributed by atoms with Crippen LogP contribution in [0.2, 0.25) is 0 Å². The summed E-state index contributed by atoms with van der Waals surface area (Å²) < 4.78 is 43.9. The molecule has 1 aromatic heterocycles. The van der Waals surface area contributed by atoms with Crippen molar-refractivity contribution in [2.24, 2.45) is 0 Å². The molecule has 0 saturated carbocycles. The number of hydrogen-bond donors (Lipinski definition) is 2. The van der Waals surface area contributed by atoms with E-state index in [9.17, 15) is 18.3 Å².